The van der Waals surface area contributed by atoms with Crippen molar-refractivity contribution in [2.45, 2.75) is 122 Å². The predicted octanol–water partition coefficient (Wildman–Crippen LogP) is 7.87. The number of nitrogens with zero attached hydrogens (tertiary/aromatic N) is 1. The molecule has 30 heavy (non-hydrogen) atoms. The van der Waals surface area contributed by atoms with Crippen LogP contribution in [-0.2, 0) is 9.47 Å². The number of carbonyl (C=O) groups excluding carboxylic acids is 1. The highest BCUT2D eigenvalue weighted by molar-refractivity contribution is 9.09. The minimum Gasteiger partial charge on any atom is -0.442 e. The van der Waals surface area contributed by atoms with Crippen molar-refractivity contribution in [2.24, 2.45) is 0 Å². The van der Waals surface area contributed by atoms with Crippen molar-refractivity contribution in [3.8, 4) is 0 Å². The molecule has 0 aromatic carbocycles. The van der Waals surface area contributed by atoms with E-state index in [0.29, 0.717) is 13.2 Å². The van der Waals surface area contributed by atoms with E-state index in [1.54, 1.807) is 0 Å². The Kier molecular flexibility index (Phi) is 19.1. The summed E-state index contributed by atoms with van der Waals surface area (Å²) >= 11 is 3.44. The molecule has 1 saturated heterocycles. The standard InChI is InChI=1S/C25H48BrNO3/c1-2-3-4-5-6-7-8-9-10-11-12-13-14-18-21-29-23-24-22-27(25(28)30-24)20-17-15-16-19-26/h24H,2-23H2,1H3. The van der Waals surface area contributed by atoms with Gasteiger partial charge >= 0.3 is 6.09 Å². The highest BCUT2D eigenvalue weighted by Crippen LogP contribution is 2.15. The maximum atomic E-state index is 11.9. The van der Waals surface area contributed by atoms with Crippen LogP contribution in [0.1, 0.15) is 116 Å². The molecule has 0 saturated carbocycles. The lowest BCUT2D eigenvalue weighted by Crippen LogP contribution is -2.27. The molecule has 0 bridgehead atoms. The Bertz CT molecular complexity index is 395. The van der Waals surface area contributed by atoms with Gasteiger partial charge in [-0.15, -0.1) is 0 Å². The van der Waals surface area contributed by atoms with Gasteiger partial charge in [0.15, 0.2) is 0 Å². The lowest BCUT2D eigenvalue weighted by Gasteiger charge is -2.12. The molecular weight excluding hydrogens is 442 g/mol. The third kappa shape index (κ3) is 15.5. The molecule has 1 aliphatic heterocycles. The van der Waals surface area contributed by atoms with Gasteiger partial charge in [0.25, 0.3) is 0 Å². The summed E-state index contributed by atoms with van der Waals surface area (Å²) in [6, 6.07) is 0. The Morgan fingerprint density at radius 3 is 1.93 bits per heavy atom. The summed E-state index contributed by atoms with van der Waals surface area (Å²) in [6.07, 6.45) is 22.3. The fourth-order valence-electron chi connectivity index (χ4n) is 4.03. The van der Waals surface area contributed by atoms with Crippen LogP contribution < -0.4 is 0 Å². The summed E-state index contributed by atoms with van der Waals surface area (Å²) < 4.78 is 11.2. The maximum absolute atomic E-state index is 11.9. The van der Waals surface area contributed by atoms with Gasteiger partial charge in [-0.3, -0.25) is 0 Å². The average molecular weight is 491 g/mol. The van der Waals surface area contributed by atoms with Crippen molar-refractivity contribution in [1.82, 2.24) is 4.90 Å². The first-order valence-corrected chi connectivity index (χ1v) is 14.0. The van der Waals surface area contributed by atoms with Crippen molar-refractivity contribution in [3.05, 3.63) is 0 Å². The molecule has 1 amide bonds. The SMILES string of the molecule is CCCCCCCCCCCCCCCCOCC1CN(CCCCCBr)C(=O)O1. The van der Waals surface area contributed by atoms with Crippen LogP contribution in [0.5, 0.6) is 0 Å². The zero-order valence-electron chi connectivity index (χ0n) is 19.7. The Hall–Kier alpha value is -0.290. The molecule has 1 atom stereocenters. The summed E-state index contributed by atoms with van der Waals surface area (Å²) in [5.74, 6) is 0. The second-order valence-electron chi connectivity index (χ2n) is 8.87. The minimum atomic E-state index is -0.168. The van der Waals surface area contributed by atoms with Gasteiger partial charge in [-0.1, -0.05) is 113 Å². The second-order valence-corrected chi connectivity index (χ2v) is 9.67. The van der Waals surface area contributed by atoms with Crippen LogP contribution in [0.15, 0.2) is 0 Å². The van der Waals surface area contributed by atoms with Gasteiger partial charge in [-0.05, 0) is 19.3 Å². The molecule has 0 aromatic heterocycles. The van der Waals surface area contributed by atoms with Crippen molar-refractivity contribution in [1.29, 1.82) is 0 Å². The number of cyclic esters (lactones) is 1. The summed E-state index contributed by atoms with van der Waals surface area (Å²) in [4.78, 5) is 13.7. The number of rotatable bonds is 22. The third-order valence-electron chi connectivity index (χ3n) is 5.96. The predicted molar refractivity (Wildman–Crippen MR) is 131 cm³/mol. The van der Waals surface area contributed by atoms with Gasteiger partial charge in [0, 0.05) is 18.5 Å². The van der Waals surface area contributed by atoms with Gasteiger partial charge in [0.05, 0.1) is 13.2 Å². The van der Waals surface area contributed by atoms with E-state index in [4.69, 9.17) is 9.47 Å². The Morgan fingerprint density at radius 2 is 1.37 bits per heavy atom. The topological polar surface area (TPSA) is 38.8 Å². The van der Waals surface area contributed by atoms with Crippen molar-refractivity contribution < 1.29 is 14.3 Å². The van der Waals surface area contributed by atoms with E-state index in [-0.39, 0.29) is 12.2 Å². The fraction of sp³-hybridized carbons (Fsp3) is 0.960. The number of ether oxygens (including phenoxy) is 2. The van der Waals surface area contributed by atoms with Crippen LogP contribution in [0.2, 0.25) is 0 Å². The number of carbonyl (C=O) groups is 1. The Morgan fingerprint density at radius 1 is 0.833 bits per heavy atom. The highest BCUT2D eigenvalue weighted by atomic mass is 79.9. The van der Waals surface area contributed by atoms with Crippen LogP contribution in [0.4, 0.5) is 4.79 Å². The molecule has 0 aliphatic carbocycles. The highest BCUT2D eigenvalue weighted by Gasteiger charge is 2.30. The molecule has 0 radical (unpaired) electrons. The average Bonchev–Trinajstić information content (AvgIpc) is 3.10. The van der Waals surface area contributed by atoms with Crippen LogP contribution in [0.3, 0.4) is 0 Å². The first-order valence-electron chi connectivity index (χ1n) is 12.9. The molecule has 0 N–H and O–H groups in total. The quantitative estimate of drug-likeness (QED) is 0.114. The number of halogens is 1. The smallest absolute Gasteiger partial charge is 0.410 e. The van der Waals surface area contributed by atoms with E-state index in [1.165, 1.54) is 83.5 Å². The van der Waals surface area contributed by atoms with Crippen molar-refractivity contribution >= 4 is 22.0 Å². The van der Waals surface area contributed by atoms with E-state index in [0.717, 1.165) is 44.2 Å². The van der Waals surface area contributed by atoms with Crippen LogP contribution in [0.25, 0.3) is 0 Å². The van der Waals surface area contributed by atoms with Gasteiger partial charge in [-0.2, -0.15) is 0 Å². The van der Waals surface area contributed by atoms with Crippen LogP contribution in [0, 0.1) is 0 Å². The third-order valence-corrected chi connectivity index (χ3v) is 6.52. The number of amides is 1. The molecule has 1 heterocycles. The lowest BCUT2D eigenvalue weighted by molar-refractivity contribution is 0.0443. The van der Waals surface area contributed by atoms with E-state index in [9.17, 15) is 4.79 Å². The normalized spacial score (nSPS) is 16.4. The number of alkyl halides is 1. The van der Waals surface area contributed by atoms with E-state index in [1.807, 2.05) is 4.90 Å². The second kappa shape index (κ2) is 20.6. The maximum Gasteiger partial charge on any atom is 0.410 e. The Balaban J connectivity index is 1.80. The molecule has 0 spiro atoms. The number of hydrogen-bond acceptors (Lipinski definition) is 3. The molecule has 1 aliphatic rings. The molecule has 4 nitrogen and oxygen atoms in total. The van der Waals surface area contributed by atoms with Gasteiger partial charge in [0.2, 0.25) is 0 Å². The van der Waals surface area contributed by atoms with E-state index >= 15 is 0 Å². The largest absolute Gasteiger partial charge is 0.442 e. The van der Waals surface area contributed by atoms with Gasteiger partial charge in [0.1, 0.15) is 6.10 Å². The minimum absolute atomic E-state index is 0.0830. The first kappa shape index (κ1) is 27.7. The van der Waals surface area contributed by atoms with Crippen LogP contribution >= 0.6 is 15.9 Å². The molecular formula is C25H48BrNO3. The van der Waals surface area contributed by atoms with E-state index < -0.39 is 0 Å². The van der Waals surface area contributed by atoms with E-state index in [2.05, 4.69) is 22.9 Å². The van der Waals surface area contributed by atoms with Gasteiger partial charge < -0.3 is 14.4 Å². The molecule has 178 valence electrons. The molecule has 5 heteroatoms. The molecule has 1 rings (SSSR count). The molecule has 1 unspecified atom stereocenters. The van der Waals surface area contributed by atoms with Crippen molar-refractivity contribution in [3.63, 3.8) is 0 Å². The summed E-state index contributed by atoms with van der Waals surface area (Å²) in [6.45, 7) is 5.11. The van der Waals surface area contributed by atoms with Crippen LogP contribution in [-0.4, -0.2) is 48.7 Å². The summed E-state index contributed by atoms with van der Waals surface area (Å²) in [7, 11) is 0. The number of hydrogen-bond donors (Lipinski definition) is 0. The zero-order valence-corrected chi connectivity index (χ0v) is 21.3. The zero-order chi connectivity index (χ0) is 21.7. The lowest BCUT2D eigenvalue weighted by atomic mass is 10.0. The number of unbranched alkanes of at least 4 members (excludes halogenated alkanes) is 15. The molecule has 0 aromatic rings. The van der Waals surface area contributed by atoms with Crippen molar-refractivity contribution in [2.75, 3.05) is 31.6 Å². The summed E-state index contributed by atoms with van der Waals surface area (Å²) in [5, 5.41) is 1.03. The summed E-state index contributed by atoms with van der Waals surface area (Å²) in [5.41, 5.74) is 0. The first-order chi connectivity index (χ1) is 14.8. The Labute approximate surface area is 195 Å². The molecule has 1 fully saturated rings. The monoisotopic (exact) mass is 489 g/mol. The fourth-order valence-corrected chi connectivity index (χ4v) is 4.43. The van der Waals surface area contributed by atoms with Gasteiger partial charge in [-0.25, -0.2) is 4.79 Å².